The molecule has 0 atom stereocenters. The summed E-state index contributed by atoms with van der Waals surface area (Å²) in [4.78, 5) is 4.28. The number of hydrogen-bond donors (Lipinski definition) is 0. The minimum absolute atomic E-state index is 0.431. The van der Waals surface area contributed by atoms with Gasteiger partial charge in [-0.3, -0.25) is 0 Å². The lowest BCUT2D eigenvalue weighted by Crippen LogP contribution is -2.28. The second-order valence-electron chi connectivity index (χ2n) is 3.72. The SMILES string of the molecule is CC1(Sc2ccc(Cl)cn2)CCC1. The molecule has 0 spiro atoms. The summed E-state index contributed by atoms with van der Waals surface area (Å²) < 4.78 is 0.431. The largest absolute Gasteiger partial charge is 0.248 e. The Morgan fingerprint density at radius 2 is 2.23 bits per heavy atom. The van der Waals surface area contributed by atoms with Crippen molar-refractivity contribution >= 4 is 23.4 Å². The molecule has 0 amide bonds. The van der Waals surface area contributed by atoms with Crippen LogP contribution in [-0.2, 0) is 0 Å². The lowest BCUT2D eigenvalue weighted by molar-refractivity contribution is 0.392. The van der Waals surface area contributed by atoms with Crippen LogP contribution in [0.4, 0.5) is 0 Å². The van der Waals surface area contributed by atoms with Crippen LogP contribution in [0.1, 0.15) is 26.2 Å². The molecule has 1 aliphatic rings. The zero-order chi connectivity index (χ0) is 9.31. The fourth-order valence-corrected chi connectivity index (χ4v) is 2.80. The summed E-state index contributed by atoms with van der Waals surface area (Å²) in [5.74, 6) is 0. The lowest BCUT2D eigenvalue weighted by Gasteiger charge is -2.37. The molecule has 0 unspecified atom stereocenters. The zero-order valence-electron chi connectivity index (χ0n) is 7.59. The third-order valence-corrected chi connectivity index (χ3v) is 4.04. The Kier molecular flexibility index (Phi) is 2.52. The van der Waals surface area contributed by atoms with Crippen LogP contribution in [0.5, 0.6) is 0 Å². The van der Waals surface area contributed by atoms with Crippen molar-refractivity contribution in [2.24, 2.45) is 0 Å². The molecule has 0 aliphatic heterocycles. The van der Waals surface area contributed by atoms with Crippen LogP contribution in [0.3, 0.4) is 0 Å². The van der Waals surface area contributed by atoms with E-state index >= 15 is 0 Å². The van der Waals surface area contributed by atoms with Gasteiger partial charge in [0.2, 0.25) is 0 Å². The van der Waals surface area contributed by atoms with Gasteiger partial charge in [0.15, 0.2) is 0 Å². The maximum Gasteiger partial charge on any atom is 0.0966 e. The number of rotatable bonds is 2. The highest BCUT2D eigenvalue weighted by Gasteiger charge is 2.33. The molecular formula is C10H12ClNS. The fourth-order valence-electron chi connectivity index (χ4n) is 1.45. The molecule has 1 aliphatic carbocycles. The quantitative estimate of drug-likeness (QED) is 0.742. The standard InChI is InChI=1S/C10H12ClNS/c1-10(5-2-6-10)13-9-4-3-8(11)7-12-9/h3-4,7H,2,5-6H2,1H3. The molecular weight excluding hydrogens is 202 g/mol. The first-order valence-electron chi connectivity index (χ1n) is 4.49. The lowest BCUT2D eigenvalue weighted by atomic mass is 9.86. The number of hydrogen-bond acceptors (Lipinski definition) is 2. The minimum Gasteiger partial charge on any atom is -0.248 e. The van der Waals surface area contributed by atoms with Gasteiger partial charge in [-0.1, -0.05) is 36.7 Å². The highest BCUT2D eigenvalue weighted by atomic mass is 35.5. The van der Waals surface area contributed by atoms with Gasteiger partial charge in [-0.2, -0.15) is 0 Å². The monoisotopic (exact) mass is 213 g/mol. The van der Waals surface area contributed by atoms with E-state index in [9.17, 15) is 0 Å². The van der Waals surface area contributed by atoms with E-state index in [2.05, 4.69) is 11.9 Å². The van der Waals surface area contributed by atoms with Gasteiger partial charge in [0.1, 0.15) is 0 Å². The van der Waals surface area contributed by atoms with Crippen molar-refractivity contribution in [3.63, 3.8) is 0 Å². The number of thioether (sulfide) groups is 1. The highest BCUT2D eigenvalue weighted by molar-refractivity contribution is 8.00. The molecule has 70 valence electrons. The Morgan fingerprint density at radius 3 is 2.69 bits per heavy atom. The summed E-state index contributed by atoms with van der Waals surface area (Å²) in [5, 5.41) is 1.80. The molecule has 3 heteroatoms. The Hall–Kier alpha value is -0.210. The van der Waals surface area contributed by atoms with Gasteiger partial charge in [0.05, 0.1) is 10.0 Å². The molecule has 0 radical (unpaired) electrons. The third kappa shape index (κ3) is 2.18. The second-order valence-corrected chi connectivity index (χ2v) is 5.76. The van der Waals surface area contributed by atoms with Crippen LogP contribution in [-0.4, -0.2) is 9.73 Å². The molecule has 1 aromatic heterocycles. The van der Waals surface area contributed by atoms with E-state index in [1.165, 1.54) is 19.3 Å². The van der Waals surface area contributed by atoms with Crippen LogP contribution in [0, 0.1) is 0 Å². The van der Waals surface area contributed by atoms with Crippen molar-refractivity contribution < 1.29 is 0 Å². The van der Waals surface area contributed by atoms with E-state index in [-0.39, 0.29) is 0 Å². The third-order valence-electron chi connectivity index (χ3n) is 2.46. The summed E-state index contributed by atoms with van der Waals surface area (Å²) in [6, 6.07) is 3.90. The summed E-state index contributed by atoms with van der Waals surface area (Å²) in [6.45, 7) is 2.30. The molecule has 0 saturated heterocycles. The van der Waals surface area contributed by atoms with E-state index < -0.39 is 0 Å². The van der Waals surface area contributed by atoms with Crippen LogP contribution in [0.2, 0.25) is 5.02 Å². The number of nitrogens with zero attached hydrogens (tertiary/aromatic N) is 1. The van der Waals surface area contributed by atoms with Crippen molar-refractivity contribution in [1.29, 1.82) is 0 Å². The van der Waals surface area contributed by atoms with Gasteiger partial charge in [-0.05, 0) is 25.0 Å². The molecule has 2 rings (SSSR count). The van der Waals surface area contributed by atoms with Crippen molar-refractivity contribution in [3.8, 4) is 0 Å². The van der Waals surface area contributed by atoms with Crippen LogP contribution >= 0.6 is 23.4 Å². The smallest absolute Gasteiger partial charge is 0.0966 e. The molecule has 13 heavy (non-hydrogen) atoms. The van der Waals surface area contributed by atoms with Crippen LogP contribution in [0.25, 0.3) is 0 Å². The van der Waals surface area contributed by atoms with Gasteiger partial charge in [-0.15, -0.1) is 0 Å². The molecule has 0 N–H and O–H groups in total. The fraction of sp³-hybridized carbons (Fsp3) is 0.500. The Morgan fingerprint density at radius 1 is 1.46 bits per heavy atom. The molecule has 1 nitrogen and oxygen atoms in total. The number of aromatic nitrogens is 1. The molecule has 1 heterocycles. The topological polar surface area (TPSA) is 12.9 Å². The van der Waals surface area contributed by atoms with Crippen molar-refractivity contribution in [1.82, 2.24) is 4.98 Å². The Balaban J connectivity index is 2.05. The van der Waals surface area contributed by atoms with Crippen molar-refractivity contribution in [2.45, 2.75) is 36.0 Å². The summed E-state index contributed by atoms with van der Waals surface area (Å²) >= 11 is 7.63. The van der Waals surface area contributed by atoms with Crippen LogP contribution < -0.4 is 0 Å². The maximum absolute atomic E-state index is 5.76. The molecule has 1 aromatic rings. The van der Waals surface area contributed by atoms with Gasteiger partial charge in [-0.25, -0.2) is 4.98 Å². The Bertz CT molecular complexity index is 292. The van der Waals surface area contributed by atoms with E-state index in [1.807, 2.05) is 23.9 Å². The second kappa shape index (κ2) is 3.50. The van der Waals surface area contributed by atoms with E-state index in [4.69, 9.17) is 11.6 Å². The van der Waals surface area contributed by atoms with Crippen molar-refractivity contribution in [3.05, 3.63) is 23.4 Å². The highest BCUT2D eigenvalue weighted by Crippen LogP contribution is 2.46. The zero-order valence-corrected chi connectivity index (χ0v) is 9.16. The molecule has 1 saturated carbocycles. The number of pyridine rings is 1. The minimum atomic E-state index is 0.431. The predicted molar refractivity (Wildman–Crippen MR) is 57.4 cm³/mol. The summed E-state index contributed by atoms with van der Waals surface area (Å²) in [7, 11) is 0. The molecule has 0 bridgehead atoms. The maximum atomic E-state index is 5.76. The van der Waals surface area contributed by atoms with Crippen molar-refractivity contribution in [2.75, 3.05) is 0 Å². The Labute approximate surface area is 87.9 Å². The normalized spacial score (nSPS) is 19.5. The number of halogens is 1. The average Bonchev–Trinajstić information content (AvgIpc) is 2.06. The van der Waals surface area contributed by atoms with E-state index in [0.717, 1.165) is 5.03 Å². The summed E-state index contributed by atoms with van der Waals surface area (Å²) in [6.07, 6.45) is 5.69. The first kappa shape index (κ1) is 9.35. The first-order chi connectivity index (χ1) is 6.18. The van der Waals surface area contributed by atoms with Crippen LogP contribution in [0.15, 0.2) is 23.4 Å². The van der Waals surface area contributed by atoms with Gasteiger partial charge < -0.3 is 0 Å². The van der Waals surface area contributed by atoms with E-state index in [1.54, 1.807) is 6.20 Å². The van der Waals surface area contributed by atoms with E-state index in [0.29, 0.717) is 9.77 Å². The van der Waals surface area contributed by atoms with Gasteiger partial charge in [0, 0.05) is 10.9 Å². The first-order valence-corrected chi connectivity index (χ1v) is 5.68. The molecule has 0 aromatic carbocycles. The predicted octanol–water partition coefficient (Wildman–Crippen LogP) is 3.77. The van der Waals surface area contributed by atoms with Gasteiger partial charge >= 0.3 is 0 Å². The van der Waals surface area contributed by atoms with Gasteiger partial charge in [0.25, 0.3) is 0 Å². The molecule has 1 fully saturated rings. The average molecular weight is 214 g/mol. The summed E-state index contributed by atoms with van der Waals surface area (Å²) in [5.41, 5.74) is 0.